The molecule has 0 unspecified atom stereocenters. The highest BCUT2D eigenvalue weighted by Crippen LogP contribution is 2.03. The number of hydrogen-bond donors (Lipinski definition) is 3. The highest BCUT2D eigenvalue weighted by molar-refractivity contribution is 5.93. The van der Waals surface area contributed by atoms with Crippen molar-refractivity contribution in [3.8, 4) is 0 Å². The van der Waals surface area contributed by atoms with E-state index in [-0.39, 0.29) is 12.5 Å². The standard InChI is InChI=1S/C11H15N3O3/c1-13-11(16)9-4-2-8(3-5-9)6-14-17-7-10(12)15/h2-5,14H,6-7H2,1H3,(H2,12,15)(H,13,16). The smallest absolute Gasteiger partial charge is 0.251 e. The van der Waals surface area contributed by atoms with E-state index in [1.807, 2.05) is 0 Å². The lowest BCUT2D eigenvalue weighted by atomic mass is 10.1. The molecule has 6 nitrogen and oxygen atoms in total. The Kier molecular flexibility index (Phi) is 5.12. The number of carbonyl (C=O) groups is 2. The van der Waals surface area contributed by atoms with Crippen molar-refractivity contribution in [1.82, 2.24) is 10.8 Å². The van der Waals surface area contributed by atoms with Crippen LogP contribution in [0.3, 0.4) is 0 Å². The van der Waals surface area contributed by atoms with E-state index in [2.05, 4.69) is 10.8 Å². The molecule has 92 valence electrons. The molecule has 1 rings (SSSR count). The minimum atomic E-state index is -0.535. The van der Waals surface area contributed by atoms with E-state index in [4.69, 9.17) is 10.6 Å². The fourth-order valence-electron chi connectivity index (χ4n) is 1.17. The normalized spacial score (nSPS) is 9.94. The van der Waals surface area contributed by atoms with Crippen LogP contribution in [-0.4, -0.2) is 25.5 Å². The average Bonchev–Trinajstić information content (AvgIpc) is 2.34. The number of primary amides is 1. The molecule has 4 N–H and O–H groups in total. The number of amides is 2. The van der Waals surface area contributed by atoms with Gasteiger partial charge < -0.3 is 11.1 Å². The lowest BCUT2D eigenvalue weighted by molar-refractivity contribution is -0.125. The minimum absolute atomic E-state index is 0.130. The van der Waals surface area contributed by atoms with Crippen LogP contribution >= 0.6 is 0 Å². The number of rotatable bonds is 6. The summed E-state index contributed by atoms with van der Waals surface area (Å²) >= 11 is 0. The van der Waals surface area contributed by atoms with Crippen LogP contribution in [0.15, 0.2) is 24.3 Å². The largest absolute Gasteiger partial charge is 0.368 e. The van der Waals surface area contributed by atoms with E-state index in [0.29, 0.717) is 12.1 Å². The number of hydroxylamine groups is 1. The quantitative estimate of drug-likeness (QED) is 0.461. The molecule has 0 spiro atoms. The number of nitrogens with one attached hydrogen (secondary N) is 2. The second kappa shape index (κ2) is 6.62. The maximum Gasteiger partial charge on any atom is 0.251 e. The van der Waals surface area contributed by atoms with Crippen LogP contribution in [0.25, 0.3) is 0 Å². The Morgan fingerprint density at radius 2 is 1.94 bits per heavy atom. The molecule has 0 aromatic heterocycles. The maximum atomic E-state index is 11.3. The summed E-state index contributed by atoms with van der Waals surface area (Å²) in [5, 5.41) is 2.53. The van der Waals surface area contributed by atoms with Crippen LogP contribution in [0.5, 0.6) is 0 Å². The van der Waals surface area contributed by atoms with Gasteiger partial charge in [-0.3, -0.25) is 14.4 Å². The highest BCUT2D eigenvalue weighted by Gasteiger charge is 2.02. The molecule has 2 amide bonds. The van der Waals surface area contributed by atoms with Crippen molar-refractivity contribution in [3.05, 3.63) is 35.4 Å². The summed E-state index contributed by atoms with van der Waals surface area (Å²) in [5.41, 5.74) is 9.01. The Morgan fingerprint density at radius 3 is 2.47 bits per heavy atom. The van der Waals surface area contributed by atoms with E-state index in [9.17, 15) is 9.59 Å². The van der Waals surface area contributed by atoms with Gasteiger partial charge in [0.05, 0.1) is 0 Å². The molecule has 6 heteroatoms. The highest BCUT2D eigenvalue weighted by atomic mass is 16.6. The van der Waals surface area contributed by atoms with Gasteiger partial charge >= 0.3 is 0 Å². The molecule has 0 aliphatic carbocycles. The maximum absolute atomic E-state index is 11.3. The van der Waals surface area contributed by atoms with E-state index >= 15 is 0 Å². The van der Waals surface area contributed by atoms with Gasteiger partial charge in [0.2, 0.25) is 5.91 Å². The van der Waals surface area contributed by atoms with Gasteiger partial charge in [-0.05, 0) is 17.7 Å². The van der Waals surface area contributed by atoms with Crippen molar-refractivity contribution in [2.75, 3.05) is 13.7 Å². The van der Waals surface area contributed by atoms with E-state index in [1.54, 1.807) is 31.3 Å². The summed E-state index contributed by atoms with van der Waals surface area (Å²) in [4.78, 5) is 26.4. The van der Waals surface area contributed by atoms with Gasteiger partial charge in [-0.15, -0.1) is 0 Å². The molecular weight excluding hydrogens is 222 g/mol. The van der Waals surface area contributed by atoms with Gasteiger partial charge in [0.25, 0.3) is 5.91 Å². The second-order valence-corrected chi connectivity index (χ2v) is 3.35. The molecule has 0 aliphatic heterocycles. The van der Waals surface area contributed by atoms with Crippen LogP contribution in [0, 0.1) is 0 Å². The summed E-state index contributed by atoms with van der Waals surface area (Å²) in [6.45, 7) is 0.262. The zero-order valence-electron chi connectivity index (χ0n) is 9.53. The lowest BCUT2D eigenvalue weighted by Crippen LogP contribution is -2.24. The molecule has 0 saturated heterocycles. The van der Waals surface area contributed by atoms with Gasteiger partial charge in [-0.25, -0.2) is 0 Å². The fraction of sp³-hybridized carbons (Fsp3) is 0.273. The minimum Gasteiger partial charge on any atom is -0.368 e. The van der Waals surface area contributed by atoms with Crippen LogP contribution in [0.2, 0.25) is 0 Å². The zero-order chi connectivity index (χ0) is 12.7. The van der Waals surface area contributed by atoms with Crippen molar-refractivity contribution >= 4 is 11.8 Å². The average molecular weight is 237 g/mol. The van der Waals surface area contributed by atoms with Gasteiger partial charge in [-0.2, -0.15) is 5.48 Å². The molecule has 0 atom stereocenters. The van der Waals surface area contributed by atoms with E-state index in [0.717, 1.165) is 5.56 Å². The predicted molar refractivity (Wildman–Crippen MR) is 61.8 cm³/mol. The number of benzene rings is 1. The summed E-state index contributed by atoms with van der Waals surface area (Å²) in [6, 6.07) is 7.02. The topological polar surface area (TPSA) is 93.4 Å². The Bertz CT molecular complexity index is 389. The zero-order valence-corrected chi connectivity index (χ0v) is 9.53. The summed E-state index contributed by atoms with van der Waals surface area (Å²) in [6.07, 6.45) is 0. The molecule has 0 radical (unpaired) electrons. The van der Waals surface area contributed by atoms with Gasteiger partial charge in [0.15, 0.2) is 0 Å². The molecule has 1 aromatic rings. The Labute approximate surface area is 99.1 Å². The van der Waals surface area contributed by atoms with E-state index < -0.39 is 5.91 Å². The first kappa shape index (κ1) is 13.1. The Hall–Kier alpha value is -1.92. The van der Waals surface area contributed by atoms with Gasteiger partial charge in [0.1, 0.15) is 6.61 Å². The fourth-order valence-corrected chi connectivity index (χ4v) is 1.17. The third kappa shape index (κ3) is 4.62. The summed E-state index contributed by atoms with van der Waals surface area (Å²) in [5.74, 6) is -0.665. The van der Waals surface area contributed by atoms with Crippen LogP contribution in [0.4, 0.5) is 0 Å². The van der Waals surface area contributed by atoms with Crippen LogP contribution in [0.1, 0.15) is 15.9 Å². The molecule has 0 saturated carbocycles. The molecule has 0 aliphatic rings. The van der Waals surface area contributed by atoms with Crippen molar-refractivity contribution in [2.45, 2.75) is 6.54 Å². The molecule has 17 heavy (non-hydrogen) atoms. The second-order valence-electron chi connectivity index (χ2n) is 3.35. The van der Waals surface area contributed by atoms with Crippen molar-refractivity contribution in [3.63, 3.8) is 0 Å². The third-order valence-corrected chi connectivity index (χ3v) is 2.04. The Morgan fingerprint density at radius 1 is 1.29 bits per heavy atom. The SMILES string of the molecule is CNC(=O)c1ccc(CNOCC(N)=O)cc1. The predicted octanol–water partition coefficient (Wildman–Crippen LogP) is -0.447. The van der Waals surface area contributed by atoms with Crippen molar-refractivity contribution < 1.29 is 14.4 Å². The molecule has 1 aromatic carbocycles. The van der Waals surface area contributed by atoms with Crippen molar-refractivity contribution in [1.29, 1.82) is 0 Å². The molecule has 0 fully saturated rings. The lowest BCUT2D eigenvalue weighted by Gasteiger charge is -2.05. The van der Waals surface area contributed by atoms with Crippen LogP contribution < -0.4 is 16.5 Å². The van der Waals surface area contributed by atoms with Crippen molar-refractivity contribution in [2.24, 2.45) is 5.73 Å². The monoisotopic (exact) mass is 237 g/mol. The van der Waals surface area contributed by atoms with E-state index in [1.165, 1.54) is 0 Å². The third-order valence-electron chi connectivity index (χ3n) is 2.04. The molecule has 0 bridgehead atoms. The van der Waals surface area contributed by atoms with Gasteiger partial charge in [-0.1, -0.05) is 12.1 Å². The van der Waals surface area contributed by atoms with Gasteiger partial charge in [0, 0.05) is 19.2 Å². The Balaban J connectivity index is 2.40. The number of nitrogens with two attached hydrogens (primary N) is 1. The first-order valence-electron chi connectivity index (χ1n) is 5.07. The summed E-state index contributed by atoms with van der Waals surface area (Å²) < 4.78 is 0. The van der Waals surface area contributed by atoms with Crippen LogP contribution in [-0.2, 0) is 16.2 Å². The first-order valence-corrected chi connectivity index (χ1v) is 5.07. The molecular formula is C11H15N3O3. The summed E-state index contributed by atoms with van der Waals surface area (Å²) in [7, 11) is 1.58. The number of hydrogen-bond acceptors (Lipinski definition) is 4. The molecule has 0 heterocycles. The first-order chi connectivity index (χ1) is 8.13. The number of carbonyl (C=O) groups excluding carboxylic acids is 2.